The van der Waals surface area contributed by atoms with E-state index in [0.29, 0.717) is 48.1 Å². The van der Waals surface area contributed by atoms with Gasteiger partial charge in [-0.2, -0.15) is 0 Å². The Bertz CT molecular complexity index is 1220. The lowest BCUT2D eigenvalue weighted by atomic mass is 9.74. The lowest BCUT2D eigenvalue weighted by Crippen LogP contribution is -2.45. The molecule has 36 heavy (non-hydrogen) atoms. The fourth-order valence-electron chi connectivity index (χ4n) is 4.93. The fourth-order valence-corrected chi connectivity index (χ4v) is 6.23. The number of halogens is 2. The number of aryl methyl sites for hydroxylation is 1. The molecule has 1 aliphatic rings. The Hall–Kier alpha value is -2.35. The summed E-state index contributed by atoms with van der Waals surface area (Å²) in [6, 6.07) is 13.7. The molecule has 2 aromatic carbocycles. The number of thioether (sulfide) groups is 1. The van der Waals surface area contributed by atoms with Crippen molar-refractivity contribution < 1.29 is 19.0 Å². The molecule has 1 saturated heterocycles. The summed E-state index contributed by atoms with van der Waals surface area (Å²) in [6.07, 6.45) is 1.45. The minimum atomic E-state index is -1.39. The van der Waals surface area contributed by atoms with E-state index in [1.807, 2.05) is 11.8 Å². The van der Waals surface area contributed by atoms with Crippen molar-refractivity contribution in [1.82, 2.24) is 9.88 Å². The molecule has 0 spiro atoms. The Morgan fingerprint density at radius 1 is 1.28 bits per heavy atom. The Labute approximate surface area is 221 Å². The van der Waals surface area contributed by atoms with Crippen molar-refractivity contribution in [2.24, 2.45) is 5.41 Å². The number of benzene rings is 2. The summed E-state index contributed by atoms with van der Waals surface area (Å²) < 4.78 is 20.9. The van der Waals surface area contributed by atoms with E-state index < -0.39 is 17.6 Å². The predicted molar refractivity (Wildman–Crippen MR) is 144 cm³/mol. The largest absolute Gasteiger partial charge is 0.497 e. The minimum Gasteiger partial charge on any atom is -0.497 e. The summed E-state index contributed by atoms with van der Waals surface area (Å²) in [5.74, 6) is 0.707. The van der Waals surface area contributed by atoms with Gasteiger partial charge in [-0.1, -0.05) is 29.3 Å². The molecule has 0 radical (unpaired) electrons. The van der Waals surface area contributed by atoms with Crippen LogP contribution in [0.4, 0.5) is 4.39 Å². The number of alkyl halides is 1. The number of aliphatic carboxylic acids is 1. The summed E-state index contributed by atoms with van der Waals surface area (Å²) in [5.41, 5.74) is 1.31. The van der Waals surface area contributed by atoms with E-state index >= 15 is 4.39 Å². The molecule has 8 heteroatoms. The Kier molecular flexibility index (Phi) is 8.75. The number of carboxylic acids is 1. The number of aromatic nitrogens is 1. The summed E-state index contributed by atoms with van der Waals surface area (Å²) in [7, 11) is 1.55. The van der Waals surface area contributed by atoms with Gasteiger partial charge in [0.25, 0.3) is 0 Å². The normalized spacial score (nSPS) is 16.7. The quantitative estimate of drug-likeness (QED) is 0.286. The monoisotopic (exact) mass is 530 g/mol. The molecule has 0 aliphatic carbocycles. The fraction of sp³-hybridized carbons (Fsp3) is 0.429. The second kappa shape index (κ2) is 11.8. The maximum absolute atomic E-state index is 15.6. The third-order valence-corrected chi connectivity index (χ3v) is 8.47. The van der Waals surface area contributed by atoms with Crippen molar-refractivity contribution >= 4 is 40.2 Å². The Balaban J connectivity index is 1.37. The minimum absolute atomic E-state index is 0.0888. The molecule has 1 aliphatic heterocycles. The summed E-state index contributed by atoms with van der Waals surface area (Å²) >= 11 is 8.18. The number of pyridine rings is 1. The molecule has 1 aromatic heterocycles. The van der Waals surface area contributed by atoms with E-state index in [-0.39, 0.29) is 17.9 Å². The SMILES string of the molecule is COc1ccc2ncc(Cl)c([C@H](F)CCC3(C(=O)O)CCN(CCSc4cccc(C)c4)CC3)c2c1. The molecule has 4 rings (SSSR count). The van der Waals surface area contributed by atoms with Crippen LogP contribution in [0.5, 0.6) is 5.75 Å². The number of carbonyl (C=O) groups is 1. The number of carboxylic acid groups (broad SMARTS) is 1. The van der Waals surface area contributed by atoms with E-state index in [0.717, 1.165) is 12.3 Å². The highest BCUT2D eigenvalue weighted by Crippen LogP contribution is 2.42. The molecular weight excluding hydrogens is 499 g/mol. The van der Waals surface area contributed by atoms with Crippen LogP contribution in [-0.2, 0) is 4.79 Å². The average molecular weight is 531 g/mol. The number of ether oxygens (including phenoxy) is 1. The first-order valence-electron chi connectivity index (χ1n) is 12.2. The number of methoxy groups -OCH3 is 1. The Morgan fingerprint density at radius 2 is 2.06 bits per heavy atom. The number of nitrogens with zero attached hydrogens (tertiary/aromatic N) is 2. The number of rotatable bonds is 10. The standard InChI is InChI=1S/C28H32ClFN2O3S/c1-19-4-3-5-21(16-19)36-15-14-32-12-10-28(11-13-32,27(33)34)9-8-24(30)26-22-17-20(35-2)6-7-25(22)31-18-23(26)29/h3-7,16-18,24H,8-15H2,1-2H3,(H,33,34)/t24-/m1/s1. The second-order valence-corrected chi connectivity index (χ2v) is 11.1. The first kappa shape index (κ1) is 26.7. The van der Waals surface area contributed by atoms with Crippen molar-refractivity contribution in [3.63, 3.8) is 0 Å². The van der Waals surface area contributed by atoms with Gasteiger partial charge in [-0.15, -0.1) is 11.8 Å². The van der Waals surface area contributed by atoms with Gasteiger partial charge in [0.2, 0.25) is 0 Å². The van der Waals surface area contributed by atoms with Crippen LogP contribution in [0, 0.1) is 12.3 Å². The lowest BCUT2D eigenvalue weighted by Gasteiger charge is -2.39. The van der Waals surface area contributed by atoms with Crippen LogP contribution in [0.1, 0.15) is 43.0 Å². The molecule has 5 nitrogen and oxygen atoms in total. The number of fused-ring (bicyclic) bond motifs is 1. The zero-order valence-electron chi connectivity index (χ0n) is 20.7. The molecule has 1 fully saturated rings. The van der Waals surface area contributed by atoms with Crippen molar-refractivity contribution in [3.05, 3.63) is 64.8 Å². The molecular formula is C28H32ClFN2O3S. The number of hydrogen-bond donors (Lipinski definition) is 1. The number of likely N-dealkylation sites (tertiary alicyclic amines) is 1. The second-order valence-electron chi connectivity index (χ2n) is 9.50. The van der Waals surface area contributed by atoms with Crippen LogP contribution in [0.3, 0.4) is 0 Å². The van der Waals surface area contributed by atoms with E-state index in [9.17, 15) is 9.90 Å². The summed E-state index contributed by atoms with van der Waals surface area (Å²) in [5, 5.41) is 10.9. The molecule has 2 heterocycles. The van der Waals surface area contributed by atoms with Crippen LogP contribution < -0.4 is 4.74 Å². The lowest BCUT2D eigenvalue weighted by molar-refractivity contribution is -0.153. The average Bonchev–Trinajstić information content (AvgIpc) is 2.87. The van der Waals surface area contributed by atoms with Crippen LogP contribution in [0.2, 0.25) is 5.02 Å². The van der Waals surface area contributed by atoms with E-state index in [4.69, 9.17) is 16.3 Å². The first-order valence-corrected chi connectivity index (χ1v) is 13.6. The van der Waals surface area contributed by atoms with Gasteiger partial charge in [0, 0.05) is 34.3 Å². The van der Waals surface area contributed by atoms with Crippen LogP contribution in [0.25, 0.3) is 10.9 Å². The van der Waals surface area contributed by atoms with Crippen molar-refractivity contribution in [2.45, 2.75) is 43.7 Å². The molecule has 0 saturated carbocycles. The van der Waals surface area contributed by atoms with E-state index in [1.165, 1.54) is 16.7 Å². The summed E-state index contributed by atoms with van der Waals surface area (Å²) in [6.45, 7) is 4.39. The van der Waals surface area contributed by atoms with Gasteiger partial charge in [0.15, 0.2) is 0 Å². The highest BCUT2D eigenvalue weighted by molar-refractivity contribution is 7.99. The maximum atomic E-state index is 15.6. The molecule has 1 N–H and O–H groups in total. The Morgan fingerprint density at radius 3 is 2.75 bits per heavy atom. The van der Waals surface area contributed by atoms with E-state index in [1.54, 1.807) is 25.3 Å². The number of piperidine rings is 1. The zero-order valence-corrected chi connectivity index (χ0v) is 22.2. The smallest absolute Gasteiger partial charge is 0.309 e. The van der Waals surface area contributed by atoms with Gasteiger partial charge in [-0.05, 0) is 76.0 Å². The molecule has 192 valence electrons. The van der Waals surface area contributed by atoms with Gasteiger partial charge >= 0.3 is 5.97 Å². The molecule has 3 aromatic rings. The van der Waals surface area contributed by atoms with Crippen LogP contribution in [0.15, 0.2) is 53.6 Å². The summed E-state index contributed by atoms with van der Waals surface area (Å²) in [4.78, 5) is 20.2. The van der Waals surface area contributed by atoms with Gasteiger partial charge in [-0.3, -0.25) is 9.78 Å². The van der Waals surface area contributed by atoms with Crippen LogP contribution in [-0.4, -0.2) is 53.5 Å². The first-order chi connectivity index (χ1) is 17.3. The molecule has 0 unspecified atom stereocenters. The van der Waals surface area contributed by atoms with Gasteiger partial charge < -0.3 is 14.7 Å². The van der Waals surface area contributed by atoms with Gasteiger partial charge in [0.05, 0.1) is 23.1 Å². The third-order valence-electron chi connectivity index (χ3n) is 7.19. The highest BCUT2D eigenvalue weighted by atomic mass is 35.5. The van der Waals surface area contributed by atoms with Crippen molar-refractivity contribution in [2.75, 3.05) is 32.5 Å². The topological polar surface area (TPSA) is 62.7 Å². The van der Waals surface area contributed by atoms with Crippen LogP contribution >= 0.6 is 23.4 Å². The molecule has 0 amide bonds. The van der Waals surface area contributed by atoms with Gasteiger partial charge in [0.1, 0.15) is 11.9 Å². The molecule has 0 bridgehead atoms. The van der Waals surface area contributed by atoms with Crippen molar-refractivity contribution in [1.29, 1.82) is 0 Å². The number of hydrogen-bond acceptors (Lipinski definition) is 5. The third kappa shape index (κ3) is 6.13. The highest BCUT2D eigenvalue weighted by Gasteiger charge is 2.41. The van der Waals surface area contributed by atoms with E-state index in [2.05, 4.69) is 41.1 Å². The van der Waals surface area contributed by atoms with Gasteiger partial charge in [-0.25, -0.2) is 4.39 Å². The zero-order chi connectivity index (χ0) is 25.7. The maximum Gasteiger partial charge on any atom is 0.309 e. The predicted octanol–water partition coefficient (Wildman–Crippen LogP) is 6.96. The van der Waals surface area contributed by atoms with Crippen molar-refractivity contribution in [3.8, 4) is 5.75 Å². The molecule has 1 atom stereocenters.